The number of nitrogens with one attached hydrogen (secondary N) is 1. The van der Waals surface area contributed by atoms with Gasteiger partial charge in [0.25, 0.3) is 5.91 Å². The minimum absolute atomic E-state index is 0.0304. The Morgan fingerprint density at radius 2 is 1.73 bits per heavy atom. The molecule has 0 atom stereocenters. The molecule has 1 aliphatic heterocycles. The van der Waals surface area contributed by atoms with Gasteiger partial charge < -0.3 is 14.6 Å². The van der Waals surface area contributed by atoms with E-state index >= 15 is 0 Å². The number of halogens is 1. The number of anilines is 1. The molecule has 0 aliphatic carbocycles. The predicted octanol–water partition coefficient (Wildman–Crippen LogP) is 3.06. The number of piperazine rings is 1. The van der Waals surface area contributed by atoms with E-state index in [0.717, 1.165) is 16.8 Å². The maximum Gasteiger partial charge on any atom is 0.289 e. The first-order chi connectivity index (χ1) is 12.4. The first-order valence-electron chi connectivity index (χ1n) is 8.57. The Balaban J connectivity index is 1.51. The van der Waals surface area contributed by atoms with Gasteiger partial charge in [0.2, 0.25) is 5.91 Å². The van der Waals surface area contributed by atoms with Crippen LogP contribution in [-0.4, -0.2) is 54.3 Å². The summed E-state index contributed by atoms with van der Waals surface area (Å²) in [5, 5.41) is 3.01. The number of hydrogen-bond acceptors (Lipinski definition) is 4. The lowest BCUT2D eigenvalue weighted by Gasteiger charge is -2.33. The van der Waals surface area contributed by atoms with Crippen LogP contribution in [0.25, 0.3) is 0 Å². The van der Waals surface area contributed by atoms with E-state index < -0.39 is 0 Å². The molecule has 1 fully saturated rings. The number of furan rings is 1. The first kappa shape index (κ1) is 18.7. The van der Waals surface area contributed by atoms with Gasteiger partial charge in [-0.05, 0) is 53.0 Å². The molecule has 0 radical (unpaired) electrons. The fourth-order valence-corrected chi connectivity index (χ4v) is 3.39. The number of benzene rings is 1. The third-order valence-electron chi connectivity index (χ3n) is 4.56. The van der Waals surface area contributed by atoms with Gasteiger partial charge in [0, 0.05) is 31.9 Å². The summed E-state index contributed by atoms with van der Waals surface area (Å²) in [6.45, 7) is 6.77. The van der Waals surface area contributed by atoms with Gasteiger partial charge in [0.15, 0.2) is 10.4 Å². The molecule has 0 bridgehead atoms. The van der Waals surface area contributed by atoms with Crippen molar-refractivity contribution in [3.63, 3.8) is 0 Å². The Kier molecular flexibility index (Phi) is 5.78. The maximum absolute atomic E-state index is 12.4. The van der Waals surface area contributed by atoms with Crippen LogP contribution in [0.2, 0.25) is 0 Å². The molecule has 6 nitrogen and oxygen atoms in total. The third kappa shape index (κ3) is 4.34. The lowest BCUT2D eigenvalue weighted by Crippen LogP contribution is -2.50. The zero-order valence-electron chi connectivity index (χ0n) is 14.9. The van der Waals surface area contributed by atoms with Gasteiger partial charge in [0.05, 0.1) is 6.54 Å². The summed E-state index contributed by atoms with van der Waals surface area (Å²) in [6, 6.07) is 9.33. The van der Waals surface area contributed by atoms with Gasteiger partial charge in [-0.3, -0.25) is 14.5 Å². The van der Waals surface area contributed by atoms with Crippen molar-refractivity contribution in [1.82, 2.24) is 9.80 Å². The zero-order valence-corrected chi connectivity index (χ0v) is 16.5. The van der Waals surface area contributed by atoms with E-state index in [2.05, 4.69) is 26.1 Å². The maximum atomic E-state index is 12.4. The molecule has 1 saturated heterocycles. The highest BCUT2D eigenvalue weighted by molar-refractivity contribution is 9.10. The second-order valence-electron chi connectivity index (χ2n) is 6.49. The minimum atomic E-state index is -0.115. The number of aryl methyl sites for hydroxylation is 2. The van der Waals surface area contributed by atoms with Gasteiger partial charge >= 0.3 is 0 Å². The summed E-state index contributed by atoms with van der Waals surface area (Å²) in [5.41, 5.74) is 2.99. The van der Waals surface area contributed by atoms with Gasteiger partial charge in [-0.2, -0.15) is 0 Å². The highest BCUT2D eigenvalue weighted by atomic mass is 79.9. The third-order valence-corrected chi connectivity index (χ3v) is 4.98. The number of carbonyl (C=O) groups is 2. The van der Waals surface area contributed by atoms with Crippen molar-refractivity contribution in [3.05, 3.63) is 51.9 Å². The Morgan fingerprint density at radius 1 is 1.08 bits per heavy atom. The van der Waals surface area contributed by atoms with Crippen molar-refractivity contribution in [2.75, 3.05) is 38.0 Å². The van der Waals surface area contributed by atoms with Crippen LogP contribution in [0.3, 0.4) is 0 Å². The van der Waals surface area contributed by atoms with Crippen LogP contribution in [0.15, 0.2) is 39.4 Å². The molecule has 0 saturated carbocycles. The molecular formula is C19H22BrN3O3. The molecule has 0 unspecified atom stereocenters. The molecule has 0 spiro atoms. The van der Waals surface area contributed by atoms with E-state index in [1.165, 1.54) is 0 Å². The minimum Gasteiger partial charge on any atom is -0.444 e. The zero-order chi connectivity index (χ0) is 18.7. The van der Waals surface area contributed by atoms with E-state index in [-0.39, 0.29) is 11.8 Å². The van der Waals surface area contributed by atoms with Crippen molar-refractivity contribution < 1.29 is 14.0 Å². The van der Waals surface area contributed by atoms with Crippen LogP contribution in [0.5, 0.6) is 0 Å². The average molecular weight is 420 g/mol. The van der Waals surface area contributed by atoms with Crippen LogP contribution in [0, 0.1) is 13.8 Å². The smallest absolute Gasteiger partial charge is 0.289 e. The standard InChI is InChI=1S/C19H22BrN3O3/c1-13-4-3-5-14(2)18(13)21-17(24)12-22-8-10-23(11-9-22)19(25)15-6-7-16(20)26-15/h3-7H,8-12H2,1-2H3,(H,21,24). The Morgan fingerprint density at radius 3 is 2.31 bits per heavy atom. The fourth-order valence-electron chi connectivity index (χ4n) is 3.09. The number of para-hydroxylation sites is 1. The lowest BCUT2D eigenvalue weighted by molar-refractivity contribution is -0.117. The number of nitrogens with zero attached hydrogens (tertiary/aromatic N) is 2. The molecule has 1 aliphatic rings. The van der Waals surface area contributed by atoms with E-state index in [0.29, 0.717) is 43.2 Å². The summed E-state index contributed by atoms with van der Waals surface area (Å²) in [4.78, 5) is 28.6. The normalized spacial score (nSPS) is 15.1. The van der Waals surface area contributed by atoms with Crippen LogP contribution in [0.4, 0.5) is 5.69 Å². The van der Waals surface area contributed by atoms with Gasteiger partial charge in [-0.15, -0.1) is 0 Å². The van der Waals surface area contributed by atoms with Crippen molar-refractivity contribution in [2.45, 2.75) is 13.8 Å². The SMILES string of the molecule is Cc1cccc(C)c1NC(=O)CN1CCN(C(=O)c2ccc(Br)o2)CC1. The van der Waals surface area contributed by atoms with Crippen molar-refractivity contribution >= 4 is 33.4 Å². The molecule has 2 heterocycles. The molecule has 1 aromatic carbocycles. The highest BCUT2D eigenvalue weighted by Gasteiger charge is 2.25. The number of rotatable bonds is 4. The Bertz CT molecular complexity index is 790. The molecule has 7 heteroatoms. The van der Waals surface area contributed by atoms with Crippen molar-refractivity contribution in [2.24, 2.45) is 0 Å². The summed E-state index contributed by atoms with van der Waals surface area (Å²) < 4.78 is 5.87. The topological polar surface area (TPSA) is 65.8 Å². The van der Waals surface area contributed by atoms with E-state index in [1.807, 2.05) is 32.0 Å². The number of carbonyl (C=O) groups excluding carboxylic acids is 2. The predicted molar refractivity (Wildman–Crippen MR) is 103 cm³/mol. The fraction of sp³-hybridized carbons (Fsp3) is 0.368. The largest absolute Gasteiger partial charge is 0.444 e. The molecule has 26 heavy (non-hydrogen) atoms. The first-order valence-corrected chi connectivity index (χ1v) is 9.36. The quantitative estimate of drug-likeness (QED) is 0.826. The van der Waals surface area contributed by atoms with Gasteiger partial charge in [-0.25, -0.2) is 0 Å². The molecule has 1 N–H and O–H groups in total. The molecule has 2 amide bonds. The van der Waals surface area contributed by atoms with Gasteiger partial charge in [-0.1, -0.05) is 18.2 Å². The lowest BCUT2D eigenvalue weighted by atomic mass is 10.1. The summed E-state index contributed by atoms with van der Waals surface area (Å²) in [7, 11) is 0. The molecular weight excluding hydrogens is 398 g/mol. The summed E-state index contributed by atoms with van der Waals surface area (Å²) >= 11 is 3.21. The van der Waals surface area contributed by atoms with Crippen LogP contribution >= 0.6 is 15.9 Å². The van der Waals surface area contributed by atoms with E-state index in [4.69, 9.17) is 4.42 Å². The van der Waals surface area contributed by atoms with Crippen molar-refractivity contribution in [1.29, 1.82) is 0 Å². The Labute approximate surface area is 161 Å². The molecule has 138 valence electrons. The second-order valence-corrected chi connectivity index (χ2v) is 7.27. The molecule has 1 aromatic heterocycles. The second kappa shape index (κ2) is 8.05. The molecule has 2 aromatic rings. The van der Waals surface area contributed by atoms with Crippen LogP contribution in [-0.2, 0) is 4.79 Å². The summed E-state index contributed by atoms with van der Waals surface area (Å²) in [6.07, 6.45) is 0. The monoisotopic (exact) mass is 419 g/mol. The van der Waals surface area contributed by atoms with Gasteiger partial charge in [0.1, 0.15) is 0 Å². The Hall–Kier alpha value is -2.12. The molecule has 3 rings (SSSR count). The van der Waals surface area contributed by atoms with Crippen LogP contribution in [0.1, 0.15) is 21.7 Å². The van der Waals surface area contributed by atoms with Crippen molar-refractivity contribution in [3.8, 4) is 0 Å². The highest BCUT2D eigenvalue weighted by Crippen LogP contribution is 2.20. The average Bonchev–Trinajstić information content (AvgIpc) is 3.05. The van der Waals surface area contributed by atoms with E-state index in [9.17, 15) is 9.59 Å². The number of hydrogen-bond donors (Lipinski definition) is 1. The number of amides is 2. The van der Waals surface area contributed by atoms with Crippen LogP contribution < -0.4 is 5.32 Å². The van der Waals surface area contributed by atoms with E-state index in [1.54, 1.807) is 17.0 Å². The summed E-state index contributed by atoms with van der Waals surface area (Å²) in [5.74, 6) is 0.186.